The minimum atomic E-state index is -0.0638. The van der Waals surface area contributed by atoms with Crippen LogP contribution < -0.4 is 5.32 Å². The molecule has 0 aliphatic rings. The molecule has 3 aromatic rings. The van der Waals surface area contributed by atoms with Gasteiger partial charge in [-0.1, -0.05) is 48.5 Å². The van der Waals surface area contributed by atoms with Crippen molar-refractivity contribution in [2.75, 3.05) is 20.6 Å². The van der Waals surface area contributed by atoms with Crippen molar-refractivity contribution in [3.8, 4) is 0 Å². The molecule has 0 fully saturated rings. The Morgan fingerprint density at radius 2 is 1.79 bits per heavy atom. The summed E-state index contributed by atoms with van der Waals surface area (Å²) in [5, 5.41) is 4.10. The number of amides is 1. The molecule has 24 heavy (non-hydrogen) atoms. The molecule has 0 aliphatic carbocycles. The summed E-state index contributed by atoms with van der Waals surface area (Å²) in [4.78, 5) is 17.8. The Labute approximate surface area is 142 Å². The molecule has 0 radical (unpaired) electrons. The van der Waals surface area contributed by atoms with Gasteiger partial charge >= 0.3 is 0 Å². The number of carbonyl (C=O) groups excluding carboxylic acids is 1. The number of hydrogen-bond acceptors (Lipinski definition) is 2. The van der Waals surface area contributed by atoms with E-state index in [4.69, 9.17) is 0 Å². The highest BCUT2D eigenvalue weighted by atomic mass is 16.1. The van der Waals surface area contributed by atoms with Crippen molar-refractivity contribution >= 4 is 16.8 Å². The lowest BCUT2D eigenvalue weighted by Crippen LogP contribution is -2.41. The molecule has 1 heterocycles. The van der Waals surface area contributed by atoms with Crippen molar-refractivity contribution in [1.82, 2.24) is 15.2 Å². The monoisotopic (exact) mass is 321 g/mol. The third-order valence-electron chi connectivity index (χ3n) is 4.32. The summed E-state index contributed by atoms with van der Waals surface area (Å²) in [6.07, 6.45) is 0.904. The summed E-state index contributed by atoms with van der Waals surface area (Å²) >= 11 is 0. The second-order valence-corrected chi connectivity index (χ2v) is 6.29. The molecule has 1 aromatic heterocycles. The summed E-state index contributed by atoms with van der Waals surface area (Å²) in [7, 11) is 4.09. The zero-order valence-corrected chi connectivity index (χ0v) is 14.1. The lowest BCUT2D eigenvalue weighted by molar-refractivity contribution is 0.0937. The fourth-order valence-corrected chi connectivity index (χ4v) is 2.82. The third kappa shape index (κ3) is 3.84. The average Bonchev–Trinajstić information content (AvgIpc) is 3.03. The van der Waals surface area contributed by atoms with E-state index in [1.54, 1.807) is 0 Å². The molecule has 0 spiro atoms. The number of nitrogens with one attached hydrogen (secondary N) is 2. The van der Waals surface area contributed by atoms with Gasteiger partial charge in [-0.05, 0) is 38.2 Å². The molecule has 0 aliphatic heterocycles. The number of hydrogen-bond donors (Lipinski definition) is 2. The van der Waals surface area contributed by atoms with Crippen LogP contribution in [0.2, 0.25) is 0 Å². The first-order valence-electron chi connectivity index (χ1n) is 8.20. The molecule has 2 aromatic carbocycles. The number of aromatic amines is 1. The van der Waals surface area contributed by atoms with Gasteiger partial charge in [-0.15, -0.1) is 0 Å². The van der Waals surface area contributed by atoms with E-state index in [2.05, 4.69) is 27.3 Å². The maximum absolute atomic E-state index is 12.4. The molecule has 4 nitrogen and oxygen atoms in total. The largest absolute Gasteiger partial charge is 0.351 e. The number of aromatic nitrogens is 1. The van der Waals surface area contributed by atoms with Crippen LogP contribution in [-0.4, -0.2) is 42.5 Å². The molecule has 4 heteroatoms. The van der Waals surface area contributed by atoms with Gasteiger partial charge in [0.15, 0.2) is 0 Å². The maximum Gasteiger partial charge on any atom is 0.267 e. The Morgan fingerprint density at radius 1 is 1.08 bits per heavy atom. The van der Waals surface area contributed by atoms with Gasteiger partial charge in [0.05, 0.1) is 0 Å². The minimum Gasteiger partial charge on any atom is -0.351 e. The van der Waals surface area contributed by atoms with E-state index >= 15 is 0 Å². The minimum absolute atomic E-state index is 0.0638. The number of fused-ring (bicyclic) bond motifs is 1. The standard InChI is InChI=1S/C20H23N3O/c1-23(2)17(12-15-8-4-3-5-9-15)14-21-20(24)19-13-16-10-6-7-11-18(16)22-19/h3-11,13,17,22H,12,14H2,1-2H3,(H,21,24)/t17-/m0/s1. The van der Waals surface area contributed by atoms with Crippen LogP contribution in [0.25, 0.3) is 10.9 Å². The first-order chi connectivity index (χ1) is 11.6. The van der Waals surface area contributed by atoms with Crippen LogP contribution in [0.1, 0.15) is 16.1 Å². The van der Waals surface area contributed by atoms with Gasteiger partial charge in [-0.2, -0.15) is 0 Å². The molecule has 0 bridgehead atoms. The van der Waals surface area contributed by atoms with Crippen LogP contribution in [-0.2, 0) is 6.42 Å². The van der Waals surface area contributed by atoms with Gasteiger partial charge in [0.25, 0.3) is 5.91 Å². The number of likely N-dealkylation sites (N-methyl/N-ethyl adjacent to an activating group) is 1. The predicted molar refractivity (Wildman–Crippen MR) is 98.3 cm³/mol. The molecular weight excluding hydrogens is 298 g/mol. The number of nitrogens with zero attached hydrogens (tertiary/aromatic N) is 1. The summed E-state index contributed by atoms with van der Waals surface area (Å²) in [5.74, 6) is -0.0638. The normalized spacial score (nSPS) is 12.5. The van der Waals surface area contributed by atoms with Crippen LogP contribution in [0.5, 0.6) is 0 Å². The maximum atomic E-state index is 12.4. The van der Waals surface area contributed by atoms with Crippen LogP contribution in [0.4, 0.5) is 0 Å². The van der Waals surface area contributed by atoms with E-state index < -0.39 is 0 Å². The molecule has 1 amide bonds. The fraction of sp³-hybridized carbons (Fsp3) is 0.250. The van der Waals surface area contributed by atoms with Gasteiger partial charge in [0.2, 0.25) is 0 Å². The van der Waals surface area contributed by atoms with Crippen molar-refractivity contribution in [2.24, 2.45) is 0 Å². The second-order valence-electron chi connectivity index (χ2n) is 6.29. The summed E-state index contributed by atoms with van der Waals surface area (Å²) in [6, 6.07) is 20.4. The lowest BCUT2D eigenvalue weighted by Gasteiger charge is -2.24. The Balaban J connectivity index is 1.64. The van der Waals surface area contributed by atoms with E-state index in [1.807, 2.05) is 62.6 Å². The quantitative estimate of drug-likeness (QED) is 0.733. The SMILES string of the molecule is CN(C)[C@H](CNC(=O)c1cc2ccccc2[nH]1)Cc1ccccc1. The highest BCUT2D eigenvalue weighted by Crippen LogP contribution is 2.14. The van der Waals surface area contributed by atoms with E-state index in [0.717, 1.165) is 17.3 Å². The molecule has 124 valence electrons. The number of carbonyl (C=O) groups is 1. The Bertz CT molecular complexity index is 775. The average molecular weight is 321 g/mol. The molecular formula is C20H23N3O. The number of H-pyrrole nitrogens is 1. The van der Waals surface area contributed by atoms with Crippen molar-refractivity contribution in [2.45, 2.75) is 12.5 Å². The fourth-order valence-electron chi connectivity index (χ4n) is 2.82. The summed E-state index contributed by atoms with van der Waals surface area (Å²) in [5.41, 5.74) is 2.86. The van der Waals surface area contributed by atoms with Gasteiger partial charge in [0, 0.05) is 23.5 Å². The Kier molecular flexibility index (Phi) is 4.96. The first kappa shape index (κ1) is 16.3. The van der Waals surface area contributed by atoms with Crippen molar-refractivity contribution in [1.29, 1.82) is 0 Å². The highest BCUT2D eigenvalue weighted by molar-refractivity contribution is 5.97. The zero-order valence-electron chi connectivity index (χ0n) is 14.1. The molecule has 0 saturated heterocycles. The summed E-state index contributed by atoms with van der Waals surface area (Å²) < 4.78 is 0. The van der Waals surface area contributed by atoms with Gasteiger partial charge in [0.1, 0.15) is 5.69 Å². The van der Waals surface area contributed by atoms with Crippen molar-refractivity contribution < 1.29 is 4.79 Å². The van der Waals surface area contributed by atoms with Gasteiger partial charge in [-0.25, -0.2) is 0 Å². The highest BCUT2D eigenvalue weighted by Gasteiger charge is 2.15. The van der Waals surface area contributed by atoms with E-state index in [-0.39, 0.29) is 11.9 Å². The Morgan fingerprint density at radius 3 is 2.50 bits per heavy atom. The number of benzene rings is 2. The summed E-state index contributed by atoms with van der Waals surface area (Å²) in [6.45, 7) is 0.607. The topological polar surface area (TPSA) is 48.1 Å². The molecule has 2 N–H and O–H groups in total. The smallest absolute Gasteiger partial charge is 0.267 e. The van der Waals surface area contributed by atoms with Gasteiger partial charge < -0.3 is 15.2 Å². The van der Waals surface area contributed by atoms with E-state index in [0.29, 0.717) is 12.2 Å². The van der Waals surface area contributed by atoms with Crippen LogP contribution in [0, 0.1) is 0 Å². The number of rotatable bonds is 6. The number of para-hydroxylation sites is 1. The molecule has 0 unspecified atom stereocenters. The van der Waals surface area contributed by atoms with Crippen LogP contribution in [0.15, 0.2) is 60.7 Å². The molecule has 0 saturated carbocycles. The van der Waals surface area contributed by atoms with Crippen molar-refractivity contribution in [3.05, 3.63) is 71.9 Å². The lowest BCUT2D eigenvalue weighted by atomic mass is 10.1. The Hall–Kier alpha value is -2.59. The van der Waals surface area contributed by atoms with Crippen LogP contribution >= 0.6 is 0 Å². The van der Waals surface area contributed by atoms with E-state index in [9.17, 15) is 4.79 Å². The second kappa shape index (κ2) is 7.32. The molecule has 3 rings (SSSR count). The van der Waals surface area contributed by atoms with Crippen LogP contribution in [0.3, 0.4) is 0 Å². The predicted octanol–water partition coefficient (Wildman–Crippen LogP) is 3.07. The van der Waals surface area contributed by atoms with Crippen molar-refractivity contribution in [3.63, 3.8) is 0 Å². The zero-order chi connectivity index (χ0) is 16.9. The third-order valence-corrected chi connectivity index (χ3v) is 4.32. The molecule has 1 atom stereocenters. The van der Waals surface area contributed by atoms with E-state index in [1.165, 1.54) is 5.56 Å². The van der Waals surface area contributed by atoms with Gasteiger partial charge in [-0.3, -0.25) is 4.79 Å². The first-order valence-corrected chi connectivity index (χ1v) is 8.20.